The molecule has 1 aliphatic rings. The average molecular weight is 343 g/mol. The van der Waals surface area contributed by atoms with Crippen LogP contribution in [0.2, 0.25) is 0 Å². The molecule has 3 rings (SSSR count). The number of nitrogens with one attached hydrogen (secondary N) is 1. The Bertz CT molecular complexity index is 712. The molecule has 0 aliphatic carbocycles. The number of nitrogens with two attached hydrogens (primary N) is 1. The molecule has 0 bridgehead atoms. The Morgan fingerprint density at radius 1 is 1.29 bits per heavy atom. The van der Waals surface area contributed by atoms with Gasteiger partial charge in [-0.25, -0.2) is 0 Å². The number of hydrogen-bond acceptors (Lipinski definition) is 4. The third kappa shape index (κ3) is 3.49. The van der Waals surface area contributed by atoms with Crippen molar-refractivity contribution in [1.29, 1.82) is 0 Å². The van der Waals surface area contributed by atoms with Gasteiger partial charge in [0.1, 0.15) is 0 Å². The molecule has 0 saturated carbocycles. The first-order valence-electron chi connectivity index (χ1n) is 8.04. The van der Waals surface area contributed by atoms with Crippen LogP contribution in [0.4, 0.5) is 5.69 Å². The number of anilines is 1. The van der Waals surface area contributed by atoms with Gasteiger partial charge in [-0.05, 0) is 61.5 Å². The number of carbonyl (C=O) groups excluding carboxylic acids is 2. The Kier molecular flexibility index (Phi) is 4.97. The molecule has 6 heteroatoms. The molecule has 2 atom stereocenters. The number of thiophene rings is 1. The minimum absolute atomic E-state index is 0.0228. The van der Waals surface area contributed by atoms with E-state index < -0.39 is 0 Å². The molecule has 1 aromatic carbocycles. The standard InChI is InChI=1S/C18H21N3O2S/c1-12-9-13(10-19)11-21(12)18(23)14-4-6-15(7-5-14)20-17(22)16-3-2-8-24-16/h2-8,12-13H,9-11,19H2,1H3,(H,20,22). The average Bonchev–Trinajstić information content (AvgIpc) is 3.24. The van der Waals surface area contributed by atoms with Gasteiger partial charge in [-0.3, -0.25) is 9.59 Å². The first-order chi connectivity index (χ1) is 11.6. The van der Waals surface area contributed by atoms with Crippen molar-refractivity contribution in [3.63, 3.8) is 0 Å². The molecule has 1 aliphatic heterocycles. The van der Waals surface area contributed by atoms with Gasteiger partial charge < -0.3 is 16.0 Å². The van der Waals surface area contributed by atoms with Crippen molar-refractivity contribution in [1.82, 2.24) is 4.90 Å². The van der Waals surface area contributed by atoms with Gasteiger partial charge in [0.2, 0.25) is 0 Å². The number of hydrogen-bond donors (Lipinski definition) is 2. The molecule has 5 nitrogen and oxygen atoms in total. The highest BCUT2D eigenvalue weighted by Gasteiger charge is 2.31. The second kappa shape index (κ2) is 7.15. The third-order valence-electron chi connectivity index (χ3n) is 4.39. The Hall–Kier alpha value is -2.18. The van der Waals surface area contributed by atoms with Crippen molar-refractivity contribution in [2.45, 2.75) is 19.4 Å². The molecule has 2 aromatic rings. The van der Waals surface area contributed by atoms with Crippen LogP contribution in [0.1, 0.15) is 33.4 Å². The fraction of sp³-hybridized carbons (Fsp3) is 0.333. The maximum atomic E-state index is 12.6. The summed E-state index contributed by atoms with van der Waals surface area (Å²) in [6, 6.07) is 10.9. The minimum Gasteiger partial charge on any atom is -0.336 e. The molecule has 0 radical (unpaired) electrons. The fourth-order valence-electron chi connectivity index (χ4n) is 3.06. The van der Waals surface area contributed by atoms with Crippen LogP contribution in [0.15, 0.2) is 41.8 Å². The zero-order chi connectivity index (χ0) is 17.1. The molecular weight excluding hydrogens is 322 g/mol. The first-order valence-corrected chi connectivity index (χ1v) is 8.92. The van der Waals surface area contributed by atoms with E-state index in [9.17, 15) is 9.59 Å². The lowest BCUT2D eigenvalue weighted by Crippen LogP contribution is -2.34. The highest BCUT2D eigenvalue weighted by atomic mass is 32.1. The van der Waals surface area contributed by atoms with Crippen molar-refractivity contribution < 1.29 is 9.59 Å². The van der Waals surface area contributed by atoms with Gasteiger partial charge in [-0.1, -0.05) is 6.07 Å². The smallest absolute Gasteiger partial charge is 0.265 e. The van der Waals surface area contributed by atoms with E-state index >= 15 is 0 Å². The lowest BCUT2D eigenvalue weighted by Gasteiger charge is -2.21. The summed E-state index contributed by atoms with van der Waals surface area (Å²) in [7, 11) is 0. The summed E-state index contributed by atoms with van der Waals surface area (Å²) in [6.45, 7) is 3.39. The minimum atomic E-state index is -0.136. The van der Waals surface area contributed by atoms with Gasteiger partial charge in [0.25, 0.3) is 11.8 Å². The summed E-state index contributed by atoms with van der Waals surface area (Å²) >= 11 is 1.39. The van der Waals surface area contributed by atoms with E-state index in [0.29, 0.717) is 35.1 Å². The number of benzene rings is 1. The quantitative estimate of drug-likeness (QED) is 0.896. The van der Waals surface area contributed by atoms with Crippen molar-refractivity contribution in [3.8, 4) is 0 Å². The lowest BCUT2D eigenvalue weighted by atomic mass is 10.1. The number of carbonyl (C=O) groups is 2. The highest BCUT2D eigenvalue weighted by molar-refractivity contribution is 7.12. The largest absolute Gasteiger partial charge is 0.336 e. The van der Waals surface area contributed by atoms with Crippen LogP contribution in [0.25, 0.3) is 0 Å². The molecule has 2 heterocycles. The Labute approximate surface area is 145 Å². The molecule has 3 N–H and O–H groups in total. The molecule has 126 valence electrons. The Morgan fingerprint density at radius 3 is 2.62 bits per heavy atom. The van der Waals surface area contributed by atoms with Crippen LogP contribution >= 0.6 is 11.3 Å². The normalized spacial score (nSPS) is 20.2. The summed E-state index contributed by atoms with van der Waals surface area (Å²) in [6.07, 6.45) is 0.956. The van der Waals surface area contributed by atoms with Crippen LogP contribution < -0.4 is 11.1 Å². The van der Waals surface area contributed by atoms with E-state index in [-0.39, 0.29) is 17.9 Å². The maximum absolute atomic E-state index is 12.6. The van der Waals surface area contributed by atoms with Gasteiger partial charge in [-0.15, -0.1) is 11.3 Å². The third-order valence-corrected chi connectivity index (χ3v) is 5.26. The molecule has 24 heavy (non-hydrogen) atoms. The number of nitrogens with zero attached hydrogens (tertiary/aromatic N) is 1. The Morgan fingerprint density at radius 2 is 2.04 bits per heavy atom. The summed E-state index contributed by atoms with van der Waals surface area (Å²) in [5.74, 6) is 0.269. The van der Waals surface area contributed by atoms with E-state index in [0.717, 1.165) is 6.42 Å². The Balaban J connectivity index is 1.66. The van der Waals surface area contributed by atoms with Gasteiger partial charge in [0.15, 0.2) is 0 Å². The number of rotatable bonds is 4. The van der Waals surface area contributed by atoms with Gasteiger partial charge in [-0.2, -0.15) is 0 Å². The molecule has 1 fully saturated rings. The topological polar surface area (TPSA) is 75.4 Å². The van der Waals surface area contributed by atoms with Crippen LogP contribution in [0, 0.1) is 5.92 Å². The summed E-state index contributed by atoms with van der Waals surface area (Å²) in [5.41, 5.74) is 7.04. The molecule has 0 spiro atoms. The second-order valence-electron chi connectivity index (χ2n) is 6.15. The molecular formula is C18H21N3O2S. The summed E-state index contributed by atoms with van der Waals surface area (Å²) in [4.78, 5) is 27.2. The second-order valence-corrected chi connectivity index (χ2v) is 7.10. The van der Waals surface area contributed by atoms with E-state index in [4.69, 9.17) is 5.73 Å². The lowest BCUT2D eigenvalue weighted by molar-refractivity contribution is 0.0743. The van der Waals surface area contributed by atoms with Crippen molar-refractivity contribution in [3.05, 3.63) is 52.2 Å². The van der Waals surface area contributed by atoms with Gasteiger partial charge in [0, 0.05) is 23.8 Å². The van der Waals surface area contributed by atoms with Crippen molar-refractivity contribution >= 4 is 28.8 Å². The van der Waals surface area contributed by atoms with Crippen molar-refractivity contribution in [2.75, 3.05) is 18.4 Å². The predicted octanol–water partition coefficient (Wildman–Crippen LogP) is 2.81. The zero-order valence-electron chi connectivity index (χ0n) is 13.6. The summed E-state index contributed by atoms with van der Waals surface area (Å²) < 4.78 is 0. The van der Waals surface area contributed by atoms with E-state index in [1.54, 1.807) is 30.3 Å². The molecule has 2 unspecified atom stereocenters. The van der Waals surface area contributed by atoms with Gasteiger partial charge >= 0.3 is 0 Å². The monoisotopic (exact) mass is 343 g/mol. The molecule has 2 amide bonds. The van der Waals surface area contributed by atoms with Crippen LogP contribution in [-0.2, 0) is 0 Å². The molecule has 1 saturated heterocycles. The van der Waals surface area contributed by atoms with E-state index in [1.165, 1.54) is 11.3 Å². The number of likely N-dealkylation sites (tertiary alicyclic amines) is 1. The molecule has 1 aromatic heterocycles. The fourth-order valence-corrected chi connectivity index (χ4v) is 3.68. The zero-order valence-corrected chi connectivity index (χ0v) is 14.4. The van der Waals surface area contributed by atoms with Crippen molar-refractivity contribution in [2.24, 2.45) is 11.7 Å². The van der Waals surface area contributed by atoms with Crippen LogP contribution in [0.5, 0.6) is 0 Å². The SMILES string of the molecule is CC1CC(CN)CN1C(=O)c1ccc(NC(=O)c2cccs2)cc1. The summed E-state index contributed by atoms with van der Waals surface area (Å²) in [5, 5.41) is 4.70. The first kappa shape index (κ1) is 16.7. The van der Waals surface area contributed by atoms with Crippen LogP contribution in [0.3, 0.4) is 0 Å². The maximum Gasteiger partial charge on any atom is 0.265 e. The van der Waals surface area contributed by atoms with Gasteiger partial charge in [0.05, 0.1) is 4.88 Å². The number of amides is 2. The highest BCUT2D eigenvalue weighted by Crippen LogP contribution is 2.24. The van der Waals surface area contributed by atoms with E-state index in [2.05, 4.69) is 12.2 Å². The van der Waals surface area contributed by atoms with Crippen LogP contribution in [-0.4, -0.2) is 35.8 Å². The predicted molar refractivity (Wildman–Crippen MR) is 96.4 cm³/mol. The van der Waals surface area contributed by atoms with E-state index in [1.807, 2.05) is 16.3 Å².